The maximum atomic E-state index is 9.83. The monoisotopic (exact) mass is 235 g/mol. The van der Waals surface area contributed by atoms with Crippen LogP contribution in [0.1, 0.15) is 0 Å². The molecule has 0 radical (unpaired) electrons. The van der Waals surface area contributed by atoms with Gasteiger partial charge in [0, 0.05) is 24.1 Å². The average molecular weight is 235 g/mol. The Hall–Kier alpha value is -1.10. The Balaban J connectivity index is 2.36. The summed E-state index contributed by atoms with van der Waals surface area (Å²) in [6, 6.07) is 9.42. The highest BCUT2D eigenvalue weighted by Crippen LogP contribution is 2.08. The Morgan fingerprint density at radius 1 is 1.31 bits per heavy atom. The van der Waals surface area contributed by atoms with Crippen LogP contribution in [0.25, 0.3) is 10.9 Å². The predicted molar refractivity (Wildman–Crippen MR) is 66.0 cm³/mol. The largest absolute Gasteiger partial charge is 0.493 e. The molecule has 0 atom stereocenters. The Morgan fingerprint density at radius 2 is 2.12 bits per heavy atom. The van der Waals surface area contributed by atoms with Crippen molar-refractivity contribution in [2.45, 2.75) is 0 Å². The molecule has 2 aromatic rings. The van der Waals surface area contributed by atoms with Crippen LogP contribution in [-0.2, 0) is 4.65 Å². The summed E-state index contributed by atoms with van der Waals surface area (Å²) in [5, 5.41) is 10.8. The van der Waals surface area contributed by atoms with Gasteiger partial charge in [0.15, 0.2) is 0 Å². The molecule has 0 fully saturated rings. The van der Waals surface area contributed by atoms with Gasteiger partial charge in [-0.2, -0.15) is 0 Å². The number of hydrogen-bond acceptors (Lipinski definition) is 3. The lowest BCUT2D eigenvalue weighted by Gasteiger charge is -2.08. The predicted octanol–water partition coefficient (Wildman–Crippen LogP) is 1.18. The molecule has 3 nitrogen and oxygen atoms in total. The fourth-order valence-corrected chi connectivity index (χ4v) is 1.66. The summed E-state index contributed by atoms with van der Waals surface area (Å²) in [5.74, 6) is 0.356. The molecule has 0 aliphatic carbocycles. The molecule has 2 rings (SSSR count). The van der Waals surface area contributed by atoms with Crippen LogP contribution >= 0.6 is 11.6 Å². The molecule has 0 bridgehead atoms. The summed E-state index contributed by atoms with van der Waals surface area (Å²) in [7, 11) is -0.975. The number of pyridine rings is 1. The molecular formula is C11H11BClNO2. The van der Waals surface area contributed by atoms with Crippen molar-refractivity contribution in [3.63, 3.8) is 0 Å². The molecule has 0 unspecified atom stereocenters. The zero-order chi connectivity index (χ0) is 11.4. The van der Waals surface area contributed by atoms with Gasteiger partial charge in [-0.15, -0.1) is 11.6 Å². The van der Waals surface area contributed by atoms with Gasteiger partial charge in [-0.3, -0.25) is 4.98 Å². The van der Waals surface area contributed by atoms with Gasteiger partial charge in [-0.1, -0.05) is 24.3 Å². The zero-order valence-corrected chi connectivity index (χ0v) is 9.39. The van der Waals surface area contributed by atoms with Crippen LogP contribution < -0.4 is 5.46 Å². The standard InChI is InChI=1S/C11H11BClNO2/c13-6-8-16-12(15)10-5-1-3-9-4-2-7-14-11(9)10/h1-5,7,15H,6,8H2. The van der Waals surface area contributed by atoms with Gasteiger partial charge in [0.05, 0.1) is 5.52 Å². The van der Waals surface area contributed by atoms with Crippen molar-refractivity contribution in [3.8, 4) is 0 Å². The Labute approximate surface area is 99.2 Å². The van der Waals surface area contributed by atoms with Crippen LogP contribution in [0.2, 0.25) is 0 Å². The maximum Gasteiger partial charge on any atom is 0.493 e. The third kappa shape index (κ3) is 2.35. The van der Waals surface area contributed by atoms with Gasteiger partial charge in [0.1, 0.15) is 0 Å². The number of rotatable bonds is 4. The zero-order valence-electron chi connectivity index (χ0n) is 8.64. The van der Waals surface area contributed by atoms with Crippen LogP contribution in [0.5, 0.6) is 0 Å². The lowest BCUT2D eigenvalue weighted by atomic mass is 9.78. The summed E-state index contributed by atoms with van der Waals surface area (Å²) in [6.07, 6.45) is 1.69. The highest BCUT2D eigenvalue weighted by atomic mass is 35.5. The number of halogens is 1. The highest BCUT2D eigenvalue weighted by Gasteiger charge is 2.19. The lowest BCUT2D eigenvalue weighted by molar-refractivity contribution is 0.289. The summed E-state index contributed by atoms with van der Waals surface area (Å²) >= 11 is 5.50. The summed E-state index contributed by atoms with van der Waals surface area (Å²) in [6.45, 7) is 0.311. The molecule has 1 heterocycles. The third-order valence-electron chi connectivity index (χ3n) is 2.28. The van der Waals surface area contributed by atoms with E-state index in [2.05, 4.69) is 4.98 Å². The number of benzene rings is 1. The van der Waals surface area contributed by atoms with Crippen molar-refractivity contribution in [2.75, 3.05) is 12.5 Å². The first-order valence-corrected chi connectivity index (χ1v) is 5.55. The topological polar surface area (TPSA) is 42.4 Å². The fraction of sp³-hybridized carbons (Fsp3) is 0.182. The van der Waals surface area contributed by atoms with Gasteiger partial charge in [-0.05, 0) is 11.5 Å². The average Bonchev–Trinajstić information content (AvgIpc) is 2.35. The van der Waals surface area contributed by atoms with Crippen molar-refractivity contribution in [2.24, 2.45) is 0 Å². The minimum Gasteiger partial charge on any atom is -0.423 e. The Bertz CT molecular complexity index is 475. The molecular weight excluding hydrogens is 224 g/mol. The first kappa shape index (κ1) is 11.4. The van der Waals surface area contributed by atoms with Crippen LogP contribution in [0, 0.1) is 0 Å². The summed E-state index contributed by atoms with van der Waals surface area (Å²) in [4.78, 5) is 4.24. The Kier molecular flexibility index (Phi) is 3.77. The SMILES string of the molecule is OB(OCCCl)c1cccc2cccnc12. The van der Waals surface area contributed by atoms with Crippen molar-refractivity contribution < 1.29 is 9.68 Å². The molecule has 0 saturated heterocycles. The molecule has 5 heteroatoms. The molecule has 0 aliphatic heterocycles. The molecule has 16 heavy (non-hydrogen) atoms. The Morgan fingerprint density at radius 3 is 2.94 bits per heavy atom. The van der Waals surface area contributed by atoms with Crippen LogP contribution in [0.3, 0.4) is 0 Å². The van der Waals surface area contributed by atoms with Crippen molar-refractivity contribution in [1.82, 2.24) is 4.98 Å². The smallest absolute Gasteiger partial charge is 0.423 e. The number of aromatic nitrogens is 1. The van der Waals surface area contributed by atoms with E-state index in [9.17, 15) is 5.02 Å². The second-order valence-electron chi connectivity index (χ2n) is 3.33. The first-order chi connectivity index (χ1) is 7.83. The minimum atomic E-state index is -0.975. The fourth-order valence-electron chi connectivity index (χ4n) is 1.57. The molecule has 82 valence electrons. The molecule has 0 spiro atoms. The van der Waals surface area contributed by atoms with E-state index in [4.69, 9.17) is 16.3 Å². The number of alkyl halides is 1. The van der Waals surface area contributed by atoms with E-state index >= 15 is 0 Å². The number of fused-ring (bicyclic) bond motifs is 1. The molecule has 0 amide bonds. The van der Waals surface area contributed by atoms with Crippen LogP contribution in [-0.4, -0.2) is 29.6 Å². The van der Waals surface area contributed by atoms with Crippen molar-refractivity contribution in [3.05, 3.63) is 36.5 Å². The second-order valence-corrected chi connectivity index (χ2v) is 3.71. The minimum absolute atomic E-state index is 0.311. The van der Waals surface area contributed by atoms with E-state index < -0.39 is 7.12 Å². The quantitative estimate of drug-likeness (QED) is 0.639. The molecule has 1 aromatic carbocycles. The molecule has 0 aliphatic rings. The van der Waals surface area contributed by atoms with Crippen molar-refractivity contribution in [1.29, 1.82) is 0 Å². The summed E-state index contributed by atoms with van der Waals surface area (Å²) < 4.78 is 5.17. The van der Waals surface area contributed by atoms with E-state index in [1.807, 2.05) is 24.3 Å². The van der Waals surface area contributed by atoms with E-state index in [1.165, 1.54) is 0 Å². The van der Waals surface area contributed by atoms with Gasteiger partial charge in [-0.25, -0.2) is 0 Å². The van der Waals surface area contributed by atoms with E-state index in [0.29, 0.717) is 17.9 Å². The van der Waals surface area contributed by atoms with Gasteiger partial charge >= 0.3 is 7.12 Å². The van der Waals surface area contributed by atoms with Crippen LogP contribution in [0.15, 0.2) is 36.5 Å². The van der Waals surface area contributed by atoms with E-state index in [-0.39, 0.29) is 0 Å². The number of nitrogens with zero attached hydrogens (tertiary/aromatic N) is 1. The highest BCUT2D eigenvalue weighted by molar-refractivity contribution is 6.63. The van der Waals surface area contributed by atoms with E-state index in [1.54, 1.807) is 12.3 Å². The number of para-hydroxylation sites is 1. The second kappa shape index (κ2) is 5.30. The van der Waals surface area contributed by atoms with Crippen LogP contribution in [0.4, 0.5) is 0 Å². The molecule has 1 N–H and O–H groups in total. The van der Waals surface area contributed by atoms with Crippen molar-refractivity contribution >= 4 is 35.1 Å². The van der Waals surface area contributed by atoms with Gasteiger partial charge in [0.2, 0.25) is 0 Å². The van der Waals surface area contributed by atoms with E-state index in [0.717, 1.165) is 10.9 Å². The normalized spacial score (nSPS) is 10.6. The number of hydrogen-bond donors (Lipinski definition) is 1. The summed E-state index contributed by atoms with van der Waals surface area (Å²) in [5.41, 5.74) is 1.43. The van der Waals surface area contributed by atoms with Gasteiger partial charge in [0.25, 0.3) is 0 Å². The molecule has 1 aromatic heterocycles. The lowest BCUT2D eigenvalue weighted by Crippen LogP contribution is -2.35. The first-order valence-electron chi connectivity index (χ1n) is 5.02. The third-order valence-corrected chi connectivity index (χ3v) is 2.44. The maximum absolute atomic E-state index is 9.83. The molecule has 0 saturated carbocycles. The van der Waals surface area contributed by atoms with Gasteiger partial charge < -0.3 is 9.68 Å².